The van der Waals surface area contributed by atoms with Gasteiger partial charge in [-0.1, -0.05) is 58.9 Å². The summed E-state index contributed by atoms with van der Waals surface area (Å²) in [5.41, 5.74) is 7.40. The fourth-order valence-electron chi connectivity index (χ4n) is 5.29. The lowest BCUT2D eigenvalue weighted by Crippen LogP contribution is -2.36. The van der Waals surface area contributed by atoms with E-state index < -0.39 is 18.1 Å². The Bertz CT molecular complexity index is 1140. The molecule has 39 heavy (non-hydrogen) atoms. The first-order chi connectivity index (χ1) is 18.2. The molecular weight excluding hydrogens is 496 g/mol. The van der Waals surface area contributed by atoms with Crippen molar-refractivity contribution >= 4 is 23.6 Å². The molecule has 2 bridgehead atoms. The van der Waals surface area contributed by atoms with Gasteiger partial charge in [-0.05, 0) is 56.4 Å². The Labute approximate surface area is 232 Å². The van der Waals surface area contributed by atoms with E-state index in [9.17, 15) is 19.2 Å². The Balaban J connectivity index is 2.59. The van der Waals surface area contributed by atoms with Crippen LogP contribution in [0.1, 0.15) is 61.8 Å². The fraction of sp³-hybridized carbons (Fsp3) is 0.548. The molecule has 214 valence electrons. The summed E-state index contributed by atoms with van der Waals surface area (Å²) >= 11 is 0. The standard InChI is InChI=1S/C31H44N2O6/c1-16-11-10-12-17(2)30(36)33-24-15-25(34)23(8)27(28(24)35)22(7)19(4)14-26(38-9)21(6)18(3)13-20(5)29(16)39-31(32)37/h10-13,15-16,18-19,21-22,26,29H,14H2,1-9H3,(H2,32,37)(H,33,36)/b11-10-,17-12+,20-13+. The molecule has 0 radical (unpaired) electrons. The van der Waals surface area contributed by atoms with Gasteiger partial charge in [-0.2, -0.15) is 0 Å². The zero-order valence-corrected chi connectivity index (χ0v) is 24.7. The number of carbonyl (C=O) groups excluding carboxylic acids is 4. The molecule has 7 atom stereocenters. The SMILES string of the molecule is COC1CC(C)C(C)C2=C(C)C(=O)C=C(NC(=O)/C(C)=C/C=C\C(C)C(OC(N)=O)/C(C)=C/C(C)C1C)C2=O. The Morgan fingerprint density at radius 2 is 1.67 bits per heavy atom. The molecule has 8 heteroatoms. The molecule has 0 aromatic carbocycles. The number of methoxy groups -OCH3 is 1. The van der Waals surface area contributed by atoms with E-state index in [1.807, 2.05) is 33.8 Å². The second-order valence-corrected chi connectivity index (χ2v) is 11.1. The maximum Gasteiger partial charge on any atom is 0.405 e. The number of rotatable bonds is 2. The summed E-state index contributed by atoms with van der Waals surface area (Å²) in [4.78, 5) is 50.9. The molecular formula is C31H44N2O6. The Morgan fingerprint density at radius 1 is 1.03 bits per heavy atom. The average Bonchev–Trinajstić information content (AvgIpc) is 2.87. The van der Waals surface area contributed by atoms with Crippen LogP contribution in [0.4, 0.5) is 4.79 Å². The van der Waals surface area contributed by atoms with Crippen LogP contribution in [0.3, 0.4) is 0 Å². The summed E-state index contributed by atoms with van der Waals surface area (Å²) in [5.74, 6) is -1.41. The van der Waals surface area contributed by atoms with Gasteiger partial charge in [0.2, 0.25) is 5.78 Å². The van der Waals surface area contributed by atoms with Crippen LogP contribution in [0.5, 0.6) is 0 Å². The van der Waals surface area contributed by atoms with E-state index in [2.05, 4.69) is 25.2 Å². The molecule has 0 spiro atoms. The van der Waals surface area contributed by atoms with E-state index in [-0.39, 0.29) is 53.0 Å². The van der Waals surface area contributed by atoms with Crippen molar-refractivity contribution in [3.8, 4) is 0 Å². The summed E-state index contributed by atoms with van der Waals surface area (Å²) in [5, 5.41) is 2.63. The van der Waals surface area contributed by atoms with Crippen LogP contribution in [-0.4, -0.2) is 42.9 Å². The normalized spacial score (nSPS) is 35.3. The van der Waals surface area contributed by atoms with Crippen LogP contribution >= 0.6 is 0 Å². The third kappa shape index (κ3) is 7.88. The van der Waals surface area contributed by atoms with E-state index in [1.54, 1.807) is 33.1 Å². The summed E-state index contributed by atoms with van der Waals surface area (Å²) in [7, 11) is 1.68. The van der Waals surface area contributed by atoms with Crippen molar-refractivity contribution in [2.45, 2.75) is 74.0 Å². The third-order valence-electron chi connectivity index (χ3n) is 8.23. The average molecular weight is 541 g/mol. The number of ether oxygens (including phenoxy) is 2. The van der Waals surface area contributed by atoms with E-state index in [1.165, 1.54) is 6.08 Å². The molecule has 0 aromatic heterocycles. The van der Waals surface area contributed by atoms with Gasteiger partial charge < -0.3 is 20.5 Å². The van der Waals surface area contributed by atoms with Crippen LogP contribution in [0.2, 0.25) is 0 Å². The van der Waals surface area contributed by atoms with E-state index in [4.69, 9.17) is 15.2 Å². The lowest BCUT2D eigenvalue weighted by Gasteiger charge is -2.33. The van der Waals surface area contributed by atoms with Gasteiger partial charge in [0.25, 0.3) is 5.91 Å². The van der Waals surface area contributed by atoms with Crippen molar-refractivity contribution < 1.29 is 28.7 Å². The summed E-state index contributed by atoms with van der Waals surface area (Å²) in [6, 6.07) is 0. The maximum absolute atomic E-state index is 13.5. The number of nitrogens with one attached hydrogen (secondary N) is 1. The number of primary amides is 1. The van der Waals surface area contributed by atoms with Gasteiger partial charge in [-0.15, -0.1) is 0 Å². The molecule has 0 saturated carbocycles. The molecule has 2 aliphatic rings. The maximum atomic E-state index is 13.5. The Hall–Kier alpha value is -3.26. The highest BCUT2D eigenvalue weighted by Crippen LogP contribution is 2.34. The van der Waals surface area contributed by atoms with Crippen LogP contribution < -0.4 is 11.1 Å². The van der Waals surface area contributed by atoms with E-state index in [0.29, 0.717) is 23.1 Å². The van der Waals surface area contributed by atoms with Gasteiger partial charge >= 0.3 is 6.09 Å². The predicted molar refractivity (Wildman–Crippen MR) is 151 cm³/mol. The van der Waals surface area contributed by atoms with E-state index >= 15 is 0 Å². The van der Waals surface area contributed by atoms with Crippen molar-refractivity contribution in [3.05, 3.63) is 58.4 Å². The minimum atomic E-state index is -0.862. The molecule has 0 aromatic rings. The van der Waals surface area contributed by atoms with Crippen molar-refractivity contribution in [1.29, 1.82) is 0 Å². The Kier molecular flexibility index (Phi) is 11.2. The molecule has 7 unspecified atom stereocenters. The van der Waals surface area contributed by atoms with Crippen LogP contribution in [0, 0.1) is 29.6 Å². The first-order valence-electron chi connectivity index (χ1n) is 13.5. The van der Waals surface area contributed by atoms with Crippen molar-refractivity contribution in [1.82, 2.24) is 5.32 Å². The van der Waals surface area contributed by atoms with Crippen molar-refractivity contribution in [2.75, 3.05) is 7.11 Å². The number of nitrogens with two attached hydrogens (primary N) is 1. The molecule has 2 amide bonds. The van der Waals surface area contributed by atoms with Gasteiger partial charge in [-0.3, -0.25) is 14.4 Å². The zero-order valence-electron chi connectivity index (χ0n) is 24.7. The second-order valence-electron chi connectivity index (χ2n) is 11.1. The fourth-order valence-corrected chi connectivity index (χ4v) is 5.29. The number of allylic oxidation sites excluding steroid dienone is 6. The highest BCUT2D eigenvalue weighted by Gasteiger charge is 2.35. The van der Waals surface area contributed by atoms with E-state index in [0.717, 1.165) is 5.57 Å². The number of amides is 2. The Morgan fingerprint density at radius 3 is 2.26 bits per heavy atom. The monoisotopic (exact) mass is 540 g/mol. The van der Waals surface area contributed by atoms with Crippen molar-refractivity contribution in [2.24, 2.45) is 35.3 Å². The molecule has 1 aliphatic heterocycles. The van der Waals surface area contributed by atoms with Gasteiger partial charge in [0.1, 0.15) is 6.10 Å². The van der Waals surface area contributed by atoms with Gasteiger partial charge in [-0.25, -0.2) is 4.79 Å². The predicted octanol–water partition coefficient (Wildman–Crippen LogP) is 4.97. The number of carbonyl (C=O) groups is 4. The molecule has 3 N–H and O–H groups in total. The molecule has 8 nitrogen and oxygen atoms in total. The minimum absolute atomic E-state index is 0.00492. The summed E-state index contributed by atoms with van der Waals surface area (Å²) in [6.45, 7) is 15.3. The topological polar surface area (TPSA) is 125 Å². The minimum Gasteiger partial charge on any atom is -0.441 e. The number of ketones is 2. The van der Waals surface area contributed by atoms with Crippen LogP contribution in [-0.2, 0) is 23.9 Å². The smallest absolute Gasteiger partial charge is 0.405 e. The summed E-state index contributed by atoms with van der Waals surface area (Å²) in [6.07, 6.45) is 7.49. The molecule has 0 saturated heterocycles. The van der Waals surface area contributed by atoms with Crippen LogP contribution in [0.25, 0.3) is 0 Å². The van der Waals surface area contributed by atoms with Gasteiger partial charge in [0.05, 0.1) is 11.8 Å². The number of Topliss-reactive ketones (excluding diaryl/α,β-unsaturated/α-hetero) is 1. The molecule has 1 aliphatic carbocycles. The zero-order chi connectivity index (χ0) is 29.6. The largest absolute Gasteiger partial charge is 0.441 e. The second kappa shape index (κ2) is 13.7. The first kappa shape index (κ1) is 32.0. The summed E-state index contributed by atoms with van der Waals surface area (Å²) < 4.78 is 11.4. The number of hydrogen-bond donors (Lipinski definition) is 2. The highest BCUT2D eigenvalue weighted by atomic mass is 16.6. The molecule has 1 heterocycles. The lowest BCUT2D eigenvalue weighted by atomic mass is 9.76. The van der Waals surface area contributed by atoms with Gasteiger partial charge in [0.15, 0.2) is 5.78 Å². The molecule has 2 rings (SSSR count). The quantitative estimate of drug-likeness (QED) is 0.376. The third-order valence-corrected chi connectivity index (χ3v) is 8.23. The number of fused-ring (bicyclic) bond motifs is 2. The van der Waals surface area contributed by atoms with Crippen molar-refractivity contribution in [3.63, 3.8) is 0 Å². The lowest BCUT2D eigenvalue weighted by molar-refractivity contribution is -0.120. The highest BCUT2D eigenvalue weighted by molar-refractivity contribution is 6.23. The first-order valence-corrected chi connectivity index (χ1v) is 13.5. The molecule has 0 fully saturated rings. The number of hydrogen-bond acceptors (Lipinski definition) is 6. The van der Waals surface area contributed by atoms with Gasteiger partial charge in [0, 0.05) is 35.8 Å². The van der Waals surface area contributed by atoms with Crippen LogP contribution in [0.15, 0.2) is 58.4 Å².